The number of hydrogen-bond donors (Lipinski definition) is 0. The van der Waals surface area contributed by atoms with Gasteiger partial charge in [-0.2, -0.15) is 0 Å². The molecule has 0 rings (SSSR count). The van der Waals surface area contributed by atoms with E-state index in [-0.39, 0.29) is 10.3 Å². The Morgan fingerprint density at radius 1 is 1.50 bits per heavy atom. The van der Waals surface area contributed by atoms with Gasteiger partial charge in [0.2, 0.25) is 0 Å². The molecule has 2 nitrogen and oxygen atoms in total. The first-order valence-corrected chi connectivity index (χ1v) is 2.12. The van der Waals surface area contributed by atoms with Crippen LogP contribution in [0, 0.1) is 0 Å². The molecule has 0 saturated heterocycles. The molecule has 0 heterocycles. The summed E-state index contributed by atoms with van der Waals surface area (Å²) >= 11 is -2.00. The van der Waals surface area contributed by atoms with E-state index in [1.165, 1.54) is 0 Å². The summed E-state index contributed by atoms with van der Waals surface area (Å²) in [5, 5.41) is 0. The molecule has 0 aromatic carbocycles. The van der Waals surface area contributed by atoms with Crippen LogP contribution in [0.25, 0.3) is 0 Å². The van der Waals surface area contributed by atoms with E-state index in [1.54, 1.807) is 0 Å². The van der Waals surface area contributed by atoms with E-state index in [9.17, 15) is 0 Å². The third kappa shape index (κ3) is 23.7. The Balaban J connectivity index is -0.00000000667. The Labute approximate surface area is 35.8 Å². The molecule has 0 fully saturated rings. The SMILES string of the molecule is C.[H+].[H+].[O-][AsH][O-]. The molecule has 4 heavy (non-hydrogen) atoms. The van der Waals surface area contributed by atoms with Crippen molar-refractivity contribution in [3.8, 4) is 0 Å². The predicted octanol–water partition coefficient (Wildman–Crippen LogP) is -2.17. The summed E-state index contributed by atoms with van der Waals surface area (Å²) in [6, 6.07) is 0. The normalized spacial score (nSPS) is 4.50. The summed E-state index contributed by atoms with van der Waals surface area (Å²) in [5.41, 5.74) is 0. The zero-order valence-electron chi connectivity index (χ0n) is 3.32. The van der Waals surface area contributed by atoms with Gasteiger partial charge in [-0.1, -0.05) is 7.43 Å². The van der Waals surface area contributed by atoms with Gasteiger partial charge in [0.15, 0.2) is 0 Å². The Morgan fingerprint density at radius 3 is 1.50 bits per heavy atom. The zero-order chi connectivity index (χ0) is 2.71. The van der Waals surface area contributed by atoms with Crippen LogP contribution in [0.4, 0.5) is 0 Å². The Kier molecular flexibility index (Phi) is 21.6. The molecule has 0 atom stereocenters. The van der Waals surface area contributed by atoms with Crippen LogP contribution in [0.2, 0.25) is 0 Å². The molecule has 0 bridgehead atoms. The minimum absolute atomic E-state index is 0. The summed E-state index contributed by atoms with van der Waals surface area (Å²) in [6.07, 6.45) is 0. The first kappa shape index (κ1) is 8.82. The van der Waals surface area contributed by atoms with E-state index in [4.69, 9.17) is 8.19 Å². The number of hydrogen-bond acceptors (Lipinski definition) is 2. The molecular weight excluding hydrogens is 119 g/mol. The molecule has 0 N–H and O–H groups in total. The summed E-state index contributed by atoms with van der Waals surface area (Å²) in [6.45, 7) is 0. The van der Waals surface area contributed by atoms with Gasteiger partial charge < -0.3 is 0 Å². The second-order valence-corrected chi connectivity index (χ2v) is 0.433. The monoisotopic (exact) mass is 126 g/mol. The summed E-state index contributed by atoms with van der Waals surface area (Å²) in [4.78, 5) is 0. The van der Waals surface area contributed by atoms with Gasteiger partial charge >= 0.3 is 27.5 Å². The third-order valence-corrected chi connectivity index (χ3v) is 0. The summed E-state index contributed by atoms with van der Waals surface area (Å²) in [7, 11) is 0. The molecule has 0 spiro atoms. The van der Waals surface area contributed by atoms with Crippen molar-refractivity contribution in [1.82, 2.24) is 0 Å². The van der Waals surface area contributed by atoms with E-state index in [0.717, 1.165) is 0 Å². The topological polar surface area (TPSA) is 46.1 Å². The third-order valence-electron chi connectivity index (χ3n) is 0. The van der Waals surface area contributed by atoms with E-state index in [1.807, 2.05) is 0 Å². The van der Waals surface area contributed by atoms with Gasteiger partial charge in [-0.05, 0) is 0 Å². The van der Waals surface area contributed by atoms with Gasteiger partial charge in [0.25, 0.3) is 0 Å². The number of rotatable bonds is 0. The van der Waals surface area contributed by atoms with Crippen molar-refractivity contribution in [3.05, 3.63) is 0 Å². The molecule has 0 radical (unpaired) electrons. The molecule has 28 valence electrons. The van der Waals surface area contributed by atoms with Crippen LogP contribution in [-0.2, 0) is 0 Å². The van der Waals surface area contributed by atoms with Crippen LogP contribution in [-0.4, -0.2) is 16.4 Å². The maximum absolute atomic E-state index is 8.50. The van der Waals surface area contributed by atoms with Crippen molar-refractivity contribution < 1.29 is 11.0 Å². The fraction of sp³-hybridized carbons (Fsp3) is 1.00. The Morgan fingerprint density at radius 2 is 1.50 bits per heavy atom. The molecule has 0 aliphatic heterocycles. The van der Waals surface area contributed by atoms with E-state index < -0.39 is 16.4 Å². The van der Waals surface area contributed by atoms with Gasteiger partial charge in [-0.25, -0.2) is 0 Å². The van der Waals surface area contributed by atoms with Crippen LogP contribution in [0.3, 0.4) is 0 Å². The average Bonchev–Trinajstić information content (AvgIpc) is 0.918. The first-order valence-electron chi connectivity index (χ1n) is 0.408. The van der Waals surface area contributed by atoms with Crippen molar-refractivity contribution in [1.29, 1.82) is 0 Å². The van der Waals surface area contributed by atoms with Gasteiger partial charge in [0.1, 0.15) is 0 Å². The van der Waals surface area contributed by atoms with E-state index >= 15 is 0 Å². The van der Waals surface area contributed by atoms with Gasteiger partial charge in [0.05, 0.1) is 0 Å². The molecule has 0 aromatic heterocycles. The molecule has 0 aliphatic rings. The standard InChI is InChI=1S/CH4.AsHO2/c;2-1-3/h1H4;1H/q;-2/p+2. The quantitative estimate of drug-likeness (QED) is 0.347. The van der Waals surface area contributed by atoms with Crippen molar-refractivity contribution in [2.24, 2.45) is 0 Å². The van der Waals surface area contributed by atoms with Crippen molar-refractivity contribution in [3.63, 3.8) is 0 Å². The van der Waals surface area contributed by atoms with Gasteiger partial charge in [-0.3, -0.25) is 0 Å². The van der Waals surface area contributed by atoms with Crippen LogP contribution in [0.15, 0.2) is 0 Å². The Bertz CT molecular complexity index is 11.5. The van der Waals surface area contributed by atoms with Crippen molar-refractivity contribution in [2.75, 3.05) is 0 Å². The van der Waals surface area contributed by atoms with Crippen molar-refractivity contribution >= 4 is 16.4 Å². The summed E-state index contributed by atoms with van der Waals surface area (Å²) in [5.74, 6) is 0. The molecular formula is CH7AsO2. The second-order valence-electron chi connectivity index (χ2n) is 0.0833. The molecule has 0 unspecified atom stereocenters. The van der Waals surface area contributed by atoms with E-state index in [0.29, 0.717) is 0 Å². The van der Waals surface area contributed by atoms with Crippen LogP contribution in [0.1, 0.15) is 10.3 Å². The second kappa shape index (κ2) is 9.78. The molecule has 0 aliphatic carbocycles. The fourth-order valence-electron chi connectivity index (χ4n) is 0. The Hall–Kier alpha value is 0.478. The molecule has 0 aromatic rings. The van der Waals surface area contributed by atoms with Gasteiger partial charge in [-0.15, -0.1) is 0 Å². The first-order chi connectivity index (χ1) is 1.41. The molecule has 3 heteroatoms. The molecule has 0 amide bonds. The van der Waals surface area contributed by atoms with E-state index in [2.05, 4.69) is 0 Å². The zero-order valence-corrected chi connectivity index (χ0v) is 3.41. The van der Waals surface area contributed by atoms with Crippen LogP contribution >= 0.6 is 0 Å². The van der Waals surface area contributed by atoms with Crippen LogP contribution in [0.5, 0.6) is 0 Å². The summed E-state index contributed by atoms with van der Waals surface area (Å²) < 4.78 is 17.0. The predicted molar refractivity (Wildman–Crippen MR) is 16.1 cm³/mol. The average molecular weight is 126 g/mol. The fourth-order valence-corrected chi connectivity index (χ4v) is 0. The minimum atomic E-state index is -2.00. The van der Waals surface area contributed by atoms with Crippen LogP contribution < -0.4 is 8.19 Å². The van der Waals surface area contributed by atoms with Crippen molar-refractivity contribution in [2.45, 2.75) is 7.43 Å². The maximum atomic E-state index is 8.50. The molecule has 0 saturated carbocycles. The van der Waals surface area contributed by atoms with Gasteiger partial charge in [0, 0.05) is 0 Å².